The molecule has 1 unspecified atom stereocenters. The van der Waals surface area contributed by atoms with Crippen molar-refractivity contribution >= 4 is 60.8 Å². The Morgan fingerprint density at radius 2 is 1.89 bits per heavy atom. The molecule has 0 radical (unpaired) electrons. The van der Waals surface area contributed by atoms with Gasteiger partial charge < -0.3 is 21.2 Å². The second-order valence-electron chi connectivity index (χ2n) is 8.28. The van der Waals surface area contributed by atoms with Crippen LogP contribution in [0.2, 0.25) is 5.02 Å². The van der Waals surface area contributed by atoms with Crippen molar-refractivity contribution in [3.8, 4) is 0 Å². The molecule has 3 heterocycles. The average Bonchev–Trinajstić information content (AvgIpc) is 3.33. The molecule has 3 aromatic rings. The molecule has 10 nitrogen and oxygen atoms in total. The number of hydrogen-bond donors (Lipinski definition) is 1. The molecule has 1 atom stereocenters. The first-order chi connectivity index (χ1) is 15.8. The number of benzene rings is 2. The van der Waals surface area contributed by atoms with E-state index in [9.17, 15) is 13.2 Å². The summed E-state index contributed by atoms with van der Waals surface area (Å²) in [5.74, 6) is 0.556. The third kappa shape index (κ3) is 5.75. The van der Waals surface area contributed by atoms with Crippen molar-refractivity contribution in [1.29, 1.82) is 0 Å². The molecule has 1 aromatic heterocycles. The molecule has 1 fully saturated rings. The van der Waals surface area contributed by atoms with Gasteiger partial charge in [-0.3, -0.25) is 13.9 Å². The maximum absolute atomic E-state index is 12.2. The molecule has 5 N–H and O–H groups in total. The fraction of sp³-hybridized carbons (Fsp3) is 0.364. The molecule has 13 heteroatoms. The molecule has 1 amide bonds. The number of anilines is 2. The molecule has 0 bridgehead atoms. The quantitative estimate of drug-likeness (QED) is 0.464. The first-order valence-electron chi connectivity index (χ1n) is 10.6. The van der Waals surface area contributed by atoms with Crippen molar-refractivity contribution in [3.05, 3.63) is 52.5 Å². The zero-order chi connectivity index (χ0) is 23.2. The molecule has 0 aliphatic carbocycles. The lowest BCUT2D eigenvalue weighted by Gasteiger charge is -2.35. The lowest BCUT2D eigenvalue weighted by Crippen LogP contribution is -2.47. The van der Waals surface area contributed by atoms with Crippen LogP contribution in [-0.4, -0.2) is 73.5 Å². The van der Waals surface area contributed by atoms with E-state index in [1.807, 2.05) is 12.1 Å². The molecule has 190 valence electrons. The number of hydrogen-bond acceptors (Lipinski definition) is 8. The summed E-state index contributed by atoms with van der Waals surface area (Å²) < 4.78 is 34.0. The Balaban J connectivity index is 0.00000171. The van der Waals surface area contributed by atoms with Crippen molar-refractivity contribution in [3.63, 3.8) is 0 Å². The first-order valence-corrected chi connectivity index (χ1v) is 13.6. The van der Waals surface area contributed by atoms with E-state index in [1.165, 1.54) is 21.6 Å². The van der Waals surface area contributed by atoms with E-state index in [0.29, 0.717) is 22.7 Å². The summed E-state index contributed by atoms with van der Waals surface area (Å²) in [6, 6.07) is 11.8. The maximum atomic E-state index is 12.2. The van der Waals surface area contributed by atoms with E-state index in [4.69, 9.17) is 15.8 Å². The number of halogens is 1. The van der Waals surface area contributed by atoms with Crippen molar-refractivity contribution in [2.45, 2.75) is 12.5 Å². The lowest BCUT2D eigenvalue weighted by atomic mass is 10.0. The van der Waals surface area contributed by atoms with Gasteiger partial charge >= 0.3 is 0 Å². The smallest absolute Gasteiger partial charge is 0.265 e. The number of carbonyl (C=O) groups excluding carboxylic acids is 1. The van der Waals surface area contributed by atoms with Gasteiger partial charge in [-0.2, -0.15) is 12.8 Å². The highest BCUT2D eigenvalue weighted by Gasteiger charge is 2.35. The van der Waals surface area contributed by atoms with Crippen LogP contribution in [0.25, 0.3) is 10.1 Å². The Bertz CT molecular complexity index is 1320. The molecule has 2 aliphatic heterocycles. The molecular weight excluding hydrogens is 516 g/mol. The second-order valence-corrected chi connectivity index (χ2v) is 11.1. The maximum Gasteiger partial charge on any atom is 0.265 e. The number of nitrogens with zero attached hydrogens (tertiary/aromatic N) is 3. The highest BCUT2D eigenvalue weighted by Crippen LogP contribution is 2.38. The van der Waals surface area contributed by atoms with E-state index in [-0.39, 0.29) is 11.0 Å². The number of fused-ring (bicyclic) bond motifs is 2. The number of carbonyl (C=O) groups is 1. The van der Waals surface area contributed by atoms with E-state index in [0.717, 1.165) is 50.4 Å². The molecule has 0 saturated carbocycles. The number of aromatic nitrogens is 1. The fourth-order valence-corrected chi connectivity index (χ4v) is 5.92. The van der Waals surface area contributed by atoms with Crippen LogP contribution in [0.3, 0.4) is 0 Å². The van der Waals surface area contributed by atoms with Gasteiger partial charge in [0.1, 0.15) is 5.82 Å². The van der Waals surface area contributed by atoms with Crippen molar-refractivity contribution < 1.29 is 28.3 Å². The van der Waals surface area contributed by atoms with Crippen LogP contribution in [-0.2, 0) is 25.5 Å². The van der Waals surface area contributed by atoms with Gasteiger partial charge in [0.05, 0.1) is 11.0 Å². The van der Waals surface area contributed by atoms with E-state index in [1.54, 1.807) is 12.1 Å². The highest BCUT2D eigenvalue weighted by molar-refractivity contribution is 7.86. The van der Waals surface area contributed by atoms with Gasteiger partial charge in [0.25, 0.3) is 16.0 Å². The summed E-state index contributed by atoms with van der Waals surface area (Å²) in [6.07, 6.45) is 0.442. The largest absolute Gasteiger partial charge is 0.412 e. The van der Waals surface area contributed by atoms with Crippen molar-refractivity contribution in [2.75, 3.05) is 49.2 Å². The molecule has 1 saturated heterocycles. The Hall–Kier alpha value is -2.32. The second kappa shape index (κ2) is 10.7. The predicted molar refractivity (Wildman–Crippen MR) is 138 cm³/mol. The Morgan fingerprint density at radius 1 is 1.17 bits per heavy atom. The molecule has 2 aromatic carbocycles. The third-order valence-electron chi connectivity index (χ3n) is 6.00. The first kappa shape index (κ1) is 27.3. The van der Waals surface area contributed by atoms with Crippen LogP contribution in [0.5, 0.6) is 0 Å². The van der Waals surface area contributed by atoms with Gasteiger partial charge in [0, 0.05) is 54.4 Å². The minimum Gasteiger partial charge on any atom is -0.412 e. The van der Waals surface area contributed by atoms with Crippen molar-refractivity contribution in [1.82, 2.24) is 9.27 Å². The van der Waals surface area contributed by atoms with Crippen LogP contribution in [0, 0.1) is 0 Å². The van der Waals surface area contributed by atoms with Gasteiger partial charge in [-0.1, -0.05) is 23.7 Å². The fourth-order valence-electron chi connectivity index (χ4n) is 4.33. The summed E-state index contributed by atoms with van der Waals surface area (Å²) in [7, 11) is -3.78. The number of amides is 1. The van der Waals surface area contributed by atoms with Gasteiger partial charge in [-0.25, -0.2) is 0 Å². The zero-order valence-corrected chi connectivity index (χ0v) is 21.3. The monoisotopic (exact) mass is 542 g/mol. The standard InChI is InChI=1S/C22H23ClN4O4S2.2H2O/c1-33(29,30)31-20-16-12-14(17(23)13-18(16)24-22(20)28)6-7-26-8-10-27(11-9-26)21-15-4-2-3-5-19(15)32-25-21;;/h2-5,12-13,20H,6-11H2,1H3,(H,24,28);2*1H2. The minimum atomic E-state index is -3.78. The van der Waals surface area contributed by atoms with Crippen LogP contribution < -0.4 is 10.2 Å². The third-order valence-corrected chi connectivity index (χ3v) is 7.71. The van der Waals surface area contributed by atoms with Gasteiger partial charge in [-0.15, -0.1) is 0 Å². The molecular formula is C22H27ClN4O6S2. The van der Waals surface area contributed by atoms with Crippen LogP contribution in [0.1, 0.15) is 17.2 Å². The summed E-state index contributed by atoms with van der Waals surface area (Å²) in [5.41, 5.74) is 1.86. The molecule has 5 rings (SSSR count). The predicted octanol–water partition coefficient (Wildman–Crippen LogP) is 1.63. The topological polar surface area (TPSA) is 155 Å². The van der Waals surface area contributed by atoms with Crippen molar-refractivity contribution in [2.24, 2.45) is 0 Å². The average molecular weight is 543 g/mol. The Kier molecular flexibility index (Phi) is 8.37. The van der Waals surface area contributed by atoms with Gasteiger partial charge in [0.2, 0.25) is 0 Å². The van der Waals surface area contributed by atoms with E-state index < -0.39 is 22.1 Å². The van der Waals surface area contributed by atoms with Gasteiger partial charge in [0.15, 0.2) is 6.10 Å². The Morgan fingerprint density at radius 3 is 2.60 bits per heavy atom. The minimum absolute atomic E-state index is 0. The molecule has 0 spiro atoms. The summed E-state index contributed by atoms with van der Waals surface area (Å²) in [5, 5.41) is 4.39. The molecule has 2 aliphatic rings. The van der Waals surface area contributed by atoms with Crippen LogP contribution in [0.4, 0.5) is 11.5 Å². The Labute approximate surface area is 212 Å². The summed E-state index contributed by atoms with van der Waals surface area (Å²) >= 11 is 7.99. The number of nitrogens with one attached hydrogen (secondary N) is 1. The van der Waals surface area contributed by atoms with Gasteiger partial charge in [-0.05, 0) is 47.8 Å². The van der Waals surface area contributed by atoms with E-state index in [2.05, 4.69) is 31.6 Å². The lowest BCUT2D eigenvalue weighted by molar-refractivity contribution is -0.122. The normalized spacial score (nSPS) is 18.1. The number of rotatable bonds is 6. The SMILES string of the molecule is CS(=O)(=O)OC1C(=O)Nc2cc(Cl)c(CCN3CCN(c4nsc5ccccc45)CC3)cc21.O.O. The zero-order valence-electron chi connectivity index (χ0n) is 19.0. The summed E-state index contributed by atoms with van der Waals surface area (Å²) in [6.45, 7) is 4.42. The molecule has 35 heavy (non-hydrogen) atoms. The van der Waals surface area contributed by atoms with Crippen LogP contribution >= 0.6 is 23.1 Å². The number of piperazine rings is 1. The van der Waals surface area contributed by atoms with Crippen LogP contribution in [0.15, 0.2) is 36.4 Å². The van der Waals surface area contributed by atoms with E-state index >= 15 is 0 Å². The summed E-state index contributed by atoms with van der Waals surface area (Å²) in [4.78, 5) is 16.9. The highest BCUT2D eigenvalue weighted by atomic mass is 35.5.